The fourth-order valence-electron chi connectivity index (χ4n) is 3.61. The first kappa shape index (κ1) is 16.7. The van der Waals surface area contributed by atoms with Gasteiger partial charge in [0.2, 0.25) is 0 Å². The highest BCUT2D eigenvalue weighted by molar-refractivity contribution is 5.85. The summed E-state index contributed by atoms with van der Waals surface area (Å²) in [5.74, 6) is 1.60. The van der Waals surface area contributed by atoms with Crippen LogP contribution in [-0.4, -0.2) is 42.6 Å². The lowest BCUT2D eigenvalue weighted by atomic mass is 9.89. The zero-order valence-electron chi connectivity index (χ0n) is 13.1. The Morgan fingerprint density at radius 1 is 1.24 bits per heavy atom. The fourth-order valence-corrected chi connectivity index (χ4v) is 3.61. The smallest absolute Gasteiger partial charge is 0.0372 e. The minimum atomic E-state index is 0. The van der Waals surface area contributed by atoms with Crippen molar-refractivity contribution in [2.45, 2.75) is 38.5 Å². The number of nitrogens with zero attached hydrogens (tertiary/aromatic N) is 2. The van der Waals surface area contributed by atoms with Crippen molar-refractivity contribution in [3.05, 3.63) is 29.6 Å². The molecule has 0 bridgehead atoms. The van der Waals surface area contributed by atoms with Crippen LogP contribution in [0.5, 0.6) is 0 Å². The summed E-state index contributed by atoms with van der Waals surface area (Å²) in [6, 6.07) is 4.42. The SMILES string of the molecule is Cc1ccc(C2CCN(CC3CCCNC3)CC2)cn1.Cl. The van der Waals surface area contributed by atoms with E-state index in [1.54, 1.807) is 0 Å². The normalized spacial score (nSPS) is 24.5. The molecule has 1 aromatic rings. The predicted octanol–water partition coefficient (Wildman–Crippen LogP) is 2.99. The van der Waals surface area contributed by atoms with Crippen LogP contribution in [0.3, 0.4) is 0 Å². The molecule has 118 valence electrons. The van der Waals surface area contributed by atoms with Crippen LogP contribution in [0.1, 0.15) is 42.9 Å². The molecule has 1 atom stereocenters. The number of hydrogen-bond acceptors (Lipinski definition) is 3. The molecule has 0 aromatic carbocycles. The average Bonchev–Trinajstić information content (AvgIpc) is 2.50. The van der Waals surface area contributed by atoms with Gasteiger partial charge in [0.25, 0.3) is 0 Å². The van der Waals surface area contributed by atoms with E-state index in [0.29, 0.717) is 0 Å². The number of pyridine rings is 1. The van der Waals surface area contributed by atoms with Gasteiger partial charge in [-0.1, -0.05) is 6.07 Å². The standard InChI is InChI=1S/C17H27N3.ClH/c1-14-4-5-17(12-19-14)16-6-9-20(10-7-16)13-15-3-2-8-18-11-15;/h4-5,12,15-16,18H,2-3,6-11,13H2,1H3;1H. The Labute approximate surface area is 134 Å². The number of hydrogen-bond donors (Lipinski definition) is 1. The van der Waals surface area contributed by atoms with E-state index in [1.807, 2.05) is 0 Å². The Balaban J connectivity index is 0.00000161. The van der Waals surface area contributed by atoms with Crippen molar-refractivity contribution in [3.63, 3.8) is 0 Å². The molecule has 3 nitrogen and oxygen atoms in total. The van der Waals surface area contributed by atoms with Gasteiger partial charge in [0.1, 0.15) is 0 Å². The summed E-state index contributed by atoms with van der Waals surface area (Å²) in [6.07, 6.45) is 7.45. The zero-order chi connectivity index (χ0) is 13.8. The lowest BCUT2D eigenvalue weighted by molar-refractivity contribution is 0.169. The molecule has 4 heteroatoms. The highest BCUT2D eigenvalue weighted by atomic mass is 35.5. The van der Waals surface area contributed by atoms with Crippen LogP contribution in [0.2, 0.25) is 0 Å². The first-order valence-electron chi connectivity index (χ1n) is 8.17. The molecule has 1 N–H and O–H groups in total. The van der Waals surface area contributed by atoms with E-state index in [2.05, 4.69) is 40.5 Å². The molecule has 0 radical (unpaired) electrons. The van der Waals surface area contributed by atoms with Crippen LogP contribution in [0.25, 0.3) is 0 Å². The molecule has 2 fully saturated rings. The van der Waals surface area contributed by atoms with E-state index in [0.717, 1.165) is 17.5 Å². The van der Waals surface area contributed by atoms with Gasteiger partial charge >= 0.3 is 0 Å². The summed E-state index contributed by atoms with van der Waals surface area (Å²) in [7, 11) is 0. The van der Waals surface area contributed by atoms with Gasteiger partial charge < -0.3 is 10.2 Å². The van der Waals surface area contributed by atoms with Crippen molar-refractivity contribution >= 4 is 12.4 Å². The number of rotatable bonds is 3. The van der Waals surface area contributed by atoms with Gasteiger partial charge in [0.05, 0.1) is 0 Å². The minimum Gasteiger partial charge on any atom is -0.316 e. The Morgan fingerprint density at radius 3 is 2.67 bits per heavy atom. The van der Waals surface area contributed by atoms with Gasteiger partial charge in [0, 0.05) is 18.4 Å². The maximum absolute atomic E-state index is 4.45. The van der Waals surface area contributed by atoms with Gasteiger partial charge in [-0.3, -0.25) is 4.98 Å². The van der Waals surface area contributed by atoms with E-state index >= 15 is 0 Å². The van der Waals surface area contributed by atoms with Crippen LogP contribution >= 0.6 is 12.4 Å². The second-order valence-corrected chi connectivity index (χ2v) is 6.52. The number of aromatic nitrogens is 1. The van der Waals surface area contributed by atoms with Crippen molar-refractivity contribution in [2.75, 3.05) is 32.7 Å². The molecule has 0 aliphatic carbocycles. The Kier molecular flexibility index (Phi) is 6.46. The second kappa shape index (κ2) is 8.11. The fraction of sp³-hybridized carbons (Fsp3) is 0.706. The largest absolute Gasteiger partial charge is 0.316 e. The Hall–Kier alpha value is -0.640. The van der Waals surface area contributed by atoms with E-state index < -0.39 is 0 Å². The highest BCUT2D eigenvalue weighted by Crippen LogP contribution is 2.28. The number of aryl methyl sites for hydroxylation is 1. The molecule has 2 saturated heterocycles. The summed E-state index contributed by atoms with van der Waals surface area (Å²) in [4.78, 5) is 7.12. The van der Waals surface area contributed by atoms with E-state index in [9.17, 15) is 0 Å². The average molecular weight is 310 g/mol. The monoisotopic (exact) mass is 309 g/mol. The van der Waals surface area contributed by atoms with Gasteiger partial charge in [-0.05, 0) is 82.3 Å². The zero-order valence-corrected chi connectivity index (χ0v) is 13.9. The summed E-state index contributed by atoms with van der Waals surface area (Å²) >= 11 is 0. The summed E-state index contributed by atoms with van der Waals surface area (Å²) < 4.78 is 0. The predicted molar refractivity (Wildman–Crippen MR) is 90.2 cm³/mol. The minimum absolute atomic E-state index is 0. The maximum Gasteiger partial charge on any atom is 0.0372 e. The van der Waals surface area contributed by atoms with Gasteiger partial charge in [0.15, 0.2) is 0 Å². The van der Waals surface area contributed by atoms with Gasteiger partial charge in [-0.15, -0.1) is 12.4 Å². The number of nitrogens with one attached hydrogen (secondary N) is 1. The molecule has 0 saturated carbocycles. The number of likely N-dealkylation sites (tertiary alicyclic amines) is 1. The molecule has 2 aliphatic heterocycles. The highest BCUT2D eigenvalue weighted by Gasteiger charge is 2.23. The number of piperidine rings is 2. The van der Waals surface area contributed by atoms with Crippen molar-refractivity contribution < 1.29 is 0 Å². The third-order valence-corrected chi connectivity index (χ3v) is 4.91. The summed E-state index contributed by atoms with van der Waals surface area (Å²) in [6.45, 7) is 8.32. The lowest BCUT2D eigenvalue weighted by Crippen LogP contribution is -2.41. The van der Waals surface area contributed by atoms with Gasteiger partial charge in [-0.2, -0.15) is 0 Å². The Morgan fingerprint density at radius 2 is 2.05 bits per heavy atom. The second-order valence-electron chi connectivity index (χ2n) is 6.52. The van der Waals surface area contributed by atoms with E-state index in [1.165, 1.54) is 64.0 Å². The first-order valence-corrected chi connectivity index (χ1v) is 8.17. The molecule has 1 aromatic heterocycles. The molecule has 3 heterocycles. The van der Waals surface area contributed by atoms with Crippen LogP contribution < -0.4 is 5.32 Å². The van der Waals surface area contributed by atoms with Crippen LogP contribution in [-0.2, 0) is 0 Å². The van der Waals surface area contributed by atoms with E-state index in [-0.39, 0.29) is 12.4 Å². The van der Waals surface area contributed by atoms with Crippen LogP contribution in [0.4, 0.5) is 0 Å². The molecular formula is C17H28ClN3. The van der Waals surface area contributed by atoms with Crippen molar-refractivity contribution in [2.24, 2.45) is 5.92 Å². The van der Waals surface area contributed by atoms with Crippen molar-refractivity contribution in [1.29, 1.82) is 0 Å². The number of halogens is 1. The quantitative estimate of drug-likeness (QED) is 0.930. The molecule has 0 amide bonds. The molecule has 1 unspecified atom stereocenters. The van der Waals surface area contributed by atoms with Crippen molar-refractivity contribution in [1.82, 2.24) is 15.2 Å². The maximum atomic E-state index is 4.45. The summed E-state index contributed by atoms with van der Waals surface area (Å²) in [5, 5.41) is 3.53. The van der Waals surface area contributed by atoms with Crippen molar-refractivity contribution in [3.8, 4) is 0 Å². The molecular weight excluding hydrogens is 282 g/mol. The van der Waals surface area contributed by atoms with E-state index in [4.69, 9.17) is 0 Å². The van der Waals surface area contributed by atoms with Crippen LogP contribution in [0.15, 0.2) is 18.3 Å². The Bertz CT molecular complexity index is 407. The third-order valence-electron chi connectivity index (χ3n) is 4.91. The van der Waals surface area contributed by atoms with Crippen LogP contribution in [0, 0.1) is 12.8 Å². The molecule has 21 heavy (non-hydrogen) atoms. The molecule has 3 rings (SSSR count). The summed E-state index contributed by atoms with van der Waals surface area (Å²) in [5.41, 5.74) is 2.56. The van der Waals surface area contributed by atoms with Gasteiger partial charge in [-0.25, -0.2) is 0 Å². The third kappa shape index (κ3) is 4.67. The first-order chi connectivity index (χ1) is 9.81. The molecule has 0 spiro atoms. The topological polar surface area (TPSA) is 28.2 Å². The molecule has 2 aliphatic rings. The lowest BCUT2D eigenvalue weighted by Gasteiger charge is -2.35.